The van der Waals surface area contributed by atoms with Crippen LogP contribution < -0.4 is 5.32 Å². The van der Waals surface area contributed by atoms with Gasteiger partial charge in [-0.05, 0) is 92.3 Å². The van der Waals surface area contributed by atoms with Crippen molar-refractivity contribution in [1.29, 1.82) is 0 Å². The molecule has 2 aromatic heterocycles. The van der Waals surface area contributed by atoms with Crippen LogP contribution in [0.4, 0.5) is 4.79 Å². The Morgan fingerprint density at radius 1 is 1.14 bits per heavy atom. The largest absolute Gasteiger partial charge is 0.339 e. The van der Waals surface area contributed by atoms with E-state index in [9.17, 15) is 14.4 Å². The Balaban J connectivity index is 1.22. The summed E-state index contributed by atoms with van der Waals surface area (Å²) in [6.07, 6.45) is 1.31. The predicted molar refractivity (Wildman–Crippen MR) is 133 cm³/mol. The van der Waals surface area contributed by atoms with Crippen molar-refractivity contribution < 1.29 is 14.4 Å². The minimum atomic E-state index is -0.941. The number of hydrogen-bond donors (Lipinski definition) is 1. The Labute approximate surface area is 208 Å². The summed E-state index contributed by atoms with van der Waals surface area (Å²) in [4.78, 5) is 42.1. The smallest absolute Gasteiger partial charge is 0.325 e. The average molecular weight is 492 g/mol. The molecule has 0 aliphatic carbocycles. The number of hydrogen-bond acceptors (Lipinski definition) is 5. The topological polar surface area (TPSA) is 87.5 Å². The van der Waals surface area contributed by atoms with Crippen LogP contribution in [0.1, 0.15) is 47.1 Å². The first kappa shape index (κ1) is 23.3. The van der Waals surface area contributed by atoms with Gasteiger partial charge >= 0.3 is 6.03 Å². The second-order valence-electron chi connectivity index (χ2n) is 9.61. The van der Waals surface area contributed by atoms with E-state index >= 15 is 0 Å². The number of aromatic nitrogens is 2. The van der Waals surface area contributed by atoms with E-state index in [0.717, 1.165) is 22.6 Å². The summed E-state index contributed by atoms with van der Waals surface area (Å²) in [5, 5.41) is 11.3. The number of imide groups is 1. The van der Waals surface area contributed by atoms with Crippen LogP contribution in [0.15, 0.2) is 47.2 Å². The summed E-state index contributed by atoms with van der Waals surface area (Å²) >= 11 is 1.54. The maximum atomic E-state index is 13.2. The van der Waals surface area contributed by atoms with Crippen LogP contribution in [-0.4, -0.2) is 56.1 Å². The van der Waals surface area contributed by atoms with Gasteiger partial charge in [0.1, 0.15) is 5.54 Å². The van der Waals surface area contributed by atoms with Crippen molar-refractivity contribution in [3.05, 3.63) is 69.7 Å². The first-order chi connectivity index (χ1) is 16.8. The minimum Gasteiger partial charge on any atom is -0.339 e. The Hall–Kier alpha value is -3.46. The van der Waals surface area contributed by atoms with E-state index < -0.39 is 5.54 Å². The number of amides is 4. The number of carbonyl (C=O) groups excluding carboxylic acids is 3. The third kappa shape index (κ3) is 4.25. The number of likely N-dealkylation sites (tertiary alicyclic amines) is 1. The lowest BCUT2D eigenvalue weighted by Gasteiger charge is -2.39. The summed E-state index contributed by atoms with van der Waals surface area (Å²) in [6.45, 7) is 7.16. The third-order valence-corrected chi connectivity index (χ3v) is 7.92. The fourth-order valence-corrected chi connectivity index (χ4v) is 5.84. The lowest BCUT2D eigenvalue weighted by atomic mass is 9.78. The Morgan fingerprint density at radius 3 is 2.46 bits per heavy atom. The average Bonchev–Trinajstić information content (AvgIpc) is 3.55. The third-order valence-electron chi connectivity index (χ3n) is 7.19. The highest BCUT2D eigenvalue weighted by atomic mass is 32.1. The molecular formula is C26H29N5O3S. The van der Waals surface area contributed by atoms with E-state index in [0.29, 0.717) is 31.5 Å². The lowest BCUT2D eigenvalue weighted by Crippen LogP contribution is -2.54. The molecule has 0 bridgehead atoms. The first-order valence-electron chi connectivity index (χ1n) is 11.8. The molecule has 8 nitrogen and oxygen atoms in total. The van der Waals surface area contributed by atoms with Crippen molar-refractivity contribution in [3.8, 4) is 5.69 Å². The number of urea groups is 1. The van der Waals surface area contributed by atoms with Crippen molar-refractivity contribution in [3.63, 3.8) is 0 Å². The summed E-state index contributed by atoms with van der Waals surface area (Å²) in [5.41, 5.74) is 3.55. The van der Waals surface area contributed by atoms with E-state index in [1.54, 1.807) is 11.3 Å². The second kappa shape index (κ2) is 8.96. The quantitative estimate of drug-likeness (QED) is 0.548. The minimum absolute atomic E-state index is 0.0191. The lowest BCUT2D eigenvalue weighted by molar-refractivity contribution is -0.133. The SMILES string of the molecule is Cc1cc(C)n(-c2ccc(C(=O)N3CCC(C4(C)NC(=O)N(Cc5ccsc5)C4=O)CC3)cc2)n1. The molecule has 2 saturated heterocycles. The molecule has 2 fully saturated rings. The number of thiophene rings is 1. The molecule has 0 saturated carbocycles. The molecule has 0 spiro atoms. The van der Waals surface area contributed by atoms with Crippen molar-refractivity contribution in [2.75, 3.05) is 13.1 Å². The predicted octanol–water partition coefficient (Wildman–Crippen LogP) is 3.91. The van der Waals surface area contributed by atoms with Crippen LogP contribution in [0.5, 0.6) is 0 Å². The van der Waals surface area contributed by atoms with Crippen LogP contribution in [0, 0.1) is 19.8 Å². The number of piperidine rings is 1. The molecule has 1 unspecified atom stereocenters. The molecule has 1 N–H and O–H groups in total. The standard InChI is InChI=1S/C26H29N5O3S/c1-17-14-18(2)31(28-17)22-6-4-20(5-7-22)23(32)29-11-8-21(9-12-29)26(3)24(33)30(25(34)27-26)15-19-10-13-35-16-19/h4-7,10,13-14,16,21H,8-9,11-12,15H2,1-3H3,(H,27,34). The molecule has 2 aliphatic heterocycles. The molecule has 35 heavy (non-hydrogen) atoms. The zero-order chi connectivity index (χ0) is 24.7. The van der Waals surface area contributed by atoms with Gasteiger partial charge in [0.25, 0.3) is 11.8 Å². The summed E-state index contributed by atoms with van der Waals surface area (Å²) in [5.74, 6) is -0.225. The second-order valence-corrected chi connectivity index (χ2v) is 10.4. The van der Waals surface area contributed by atoms with E-state index in [4.69, 9.17) is 0 Å². The van der Waals surface area contributed by atoms with Crippen LogP contribution in [0.3, 0.4) is 0 Å². The zero-order valence-corrected chi connectivity index (χ0v) is 21.0. The van der Waals surface area contributed by atoms with Gasteiger partial charge in [-0.15, -0.1) is 0 Å². The van der Waals surface area contributed by atoms with Gasteiger partial charge in [-0.2, -0.15) is 16.4 Å². The summed E-state index contributed by atoms with van der Waals surface area (Å²) in [6, 6.07) is 11.1. The van der Waals surface area contributed by atoms with E-state index in [-0.39, 0.29) is 30.3 Å². The van der Waals surface area contributed by atoms with Crippen LogP contribution in [0.25, 0.3) is 5.69 Å². The Bertz CT molecular complexity index is 1260. The van der Waals surface area contributed by atoms with Crippen LogP contribution >= 0.6 is 11.3 Å². The fourth-order valence-electron chi connectivity index (χ4n) is 5.18. The molecule has 4 amide bonds. The van der Waals surface area contributed by atoms with Crippen LogP contribution in [-0.2, 0) is 11.3 Å². The normalized spacial score (nSPS) is 21.0. The van der Waals surface area contributed by atoms with Gasteiger partial charge in [0.05, 0.1) is 17.9 Å². The van der Waals surface area contributed by atoms with Crippen molar-refractivity contribution in [2.24, 2.45) is 5.92 Å². The summed E-state index contributed by atoms with van der Waals surface area (Å²) < 4.78 is 1.87. The monoisotopic (exact) mass is 491 g/mol. The highest BCUT2D eigenvalue weighted by Gasteiger charge is 2.52. The fraction of sp³-hybridized carbons (Fsp3) is 0.385. The van der Waals surface area contributed by atoms with Crippen molar-refractivity contribution in [1.82, 2.24) is 24.9 Å². The first-order valence-corrected chi connectivity index (χ1v) is 12.8. The van der Waals surface area contributed by atoms with E-state index in [1.807, 2.05) is 77.5 Å². The van der Waals surface area contributed by atoms with Gasteiger partial charge in [0.15, 0.2) is 0 Å². The van der Waals surface area contributed by atoms with Gasteiger partial charge in [-0.1, -0.05) is 0 Å². The molecule has 2 aliphatic rings. The van der Waals surface area contributed by atoms with Crippen molar-refractivity contribution >= 4 is 29.2 Å². The van der Waals surface area contributed by atoms with Gasteiger partial charge in [0.2, 0.25) is 0 Å². The highest BCUT2D eigenvalue weighted by Crippen LogP contribution is 2.34. The molecular weight excluding hydrogens is 462 g/mol. The molecule has 182 valence electrons. The van der Waals surface area contributed by atoms with Gasteiger partial charge < -0.3 is 10.2 Å². The number of carbonyl (C=O) groups is 3. The van der Waals surface area contributed by atoms with E-state index in [2.05, 4.69) is 10.4 Å². The molecule has 1 atom stereocenters. The molecule has 3 aromatic rings. The van der Waals surface area contributed by atoms with Gasteiger partial charge in [-0.25, -0.2) is 9.48 Å². The molecule has 9 heteroatoms. The molecule has 5 rings (SSSR count). The number of nitrogens with zero attached hydrogens (tertiary/aromatic N) is 4. The number of aryl methyl sites for hydroxylation is 2. The van der Waals surface area contributed by atoms with Gasteiger partial charge in [-0.3, -0.25) is 14.5 Å². The van der Waals surface area contributed by atoms with E-state index in [1.165, 1.54) is 4.90 Å². The maximum Gasteiger partial charge on any atom is 0.325 e. The molecule has 0 radical (unpaired) electrons. The zero-order valence-electron chi connectivity index (χ0n) is 20.2. The van der Waals surface area contributed by atoms with Gasteiger partial charge in [0, 0.05) is 24.3 Å². The van der Waals surface area contributed by atoms with Crippen LogP contribution in [0.2, 0.25) is 0 Å². The molecule has 4 heterocycles. The number of benzene rings is 1. The molecule has 1 aromatic carbocycles. The highest BCUT2D eigenvalue weighted by molar-refractivity contribution is 7.07. The van der Waals surface area contributed by atoms with Crippen molar-refractivity contribution in [2.45, 2.75) is 45.7 Å². The Morgan fingerprint density at radius 2 is 1.86 bits per heavy atom. The number of nitrogens with one attached hydrogen (secondary N) is 1. The maximum absolute atomic E-state index is 13.2. The number of rotatable bonds is 5. The summed E-state index contributed by atoms with van der Waals surface area (Å²) in [7, 11) is 0. The Kier molecular flexibility index (Phi) is 5.96.